The summed E-state index contributed by atoms with van der Waals surface area (Å²) in [6.45, 7) is 0. The molecule has 0 unspecified atom stereocenters. The molecule has 30 heavy (non-hydrogen) atoms. The Hall–Kier alpha value is -4.05. The van der Waals surface area contributed by atoms with Crippen molar-refractivity contribution in [2.45, 2.75) is 0 Å². The fraction of sp³-hybridized carbons (Fsp3) is 0. The van der Waals surface area contributed by atoms with Crippen LogP contribution in [0, 0.1) is 34.6 Å². The predicted octanol–water partition coefficient (Wildman–Crippen LogP) is 5.91. The fourth-order valence-electron chi connectivity index (χ4n) is 3.00. The maximum absolute atomic E-state index is 14.6. The Balaban J connectivity index is 2.03. The number of rotatable bonds is 3. The molecule has 0 bridgehead atoms. The van der Waals surface area contributed by atoms with Gasteiger partial charge in [0.25, 0.3) is 0 Å². The number of hydrogen-bond donors (Lipinski definition) is 0. The van der Waals surface area contributed by atoms with E-state index in [4.69, 9.17) is 5.26 Å². The monoisotopic (exact) mass is 405 g/mol. The number of nitriles is 1. The number of hydrogen-bond acceptors (Lipinski definition) is 3. The minimum Gasteiger partial charge on any atom is -0.228 e. The first-order valence-corrected chi connectivity index (χ1v) is 8.77. The molecule has 0 spiro atoms. The van der Waals surface area contributed by atoms with Gasteiger partial charge in [0.2, 0.25) is 0 Å². The van der Waals surface area contributed by atoms with Gasteiger partial charge in [-0.25, -0.2) is 27.5 Å². The number of halogens is 4. The van der Waals surface area contributed by atoms with Crippen LogP contribution in [0.25, 0.3) is 33.9 Å². The molecule has 1 aromatic heterocycles. The second-order valence-electron chi connectivity index (χ2n) is 6.31. The summed E-state index contributed by atoms with van der Waals surface area (Å²) < 4.78 is 57.6. The summed E-state index contributed by atoms with van der Waals surface area (Å²) in [7, 11) is 0. The third-order valence-corrected chi connectivity index (χ3v) is 4.46. The smallest absolute Gasteiger partial charge is 0.180 e. The topological polar surface area (TPSA) is 49.6 Å². The summed E-state index contributed by atoms with van der Waals surface area (Å²) >= 11 is 0. The molecule has 146 valence electrons. The first-order valence-electron chi connectivity index (χ1n) is 8.77. The molecule has 4 aromatic rings. The molecule has 0 atom stereocenters. The van der Waals surface area contributed by atoms with Crippen LogP contribution < -0.4 is 0 Å². The Labute approximate surface area is 168 Å². The third-order valence-electron chi connectivity index (χ3n) is 4.46. The first kappa shape index (κ1) is 19.3. The highest BCUT2D eigenvalue weighted by molar-refractivity contribution is 5.72. The van der Waals surface area contributed by atoms with Gasteiger partial charge in [0, 0.05) is 11.1 Å². The summed E-state index contributed by atoms with van der Waals surface area (Å²) in [6, 6.07) is 20.2. The molecule has 0 aliphatic carbocycles. The van der Waals surface area contributed by atoms with Crippen molar-refractivity contribution >= 4 is 0 Å². The molecule has 0 fully saturated rings. The van der Waals surface area contributed by atoms with Crippen LogP contribution in [-0.4, -0.2) is 9.97 Å². The van der Waals surface area contributed by atoms with Gasteiger partial charge in [0.15, 0.2) is 29.1 Å². The maximum atomic E-state index is 14.6. The summed E-state index contributed by atoms with van der Waals surface area (Å²) in [6.07, 6.45) is 0. The molecule has 3 aromatic carbocycles. The second-order valence-corrected chi connectivity index (χ2v) is 6.31. The van der Waals surface area contributed by atoms with Crippen LogP contribution in [0.3, 0.4) is 0 Å². The molecule has 0 aliphatic rings. The van der Waals surface area contributed by atoms with Gasteiger partial charge in [-0.1, -0.05) is 60.7 Å². The van der Waals surface area contributed by atoms with Gasteiger partial charge in [-0.2, -0.15) is 5.26 Å². The minimum absolute atomic E-state index is 0.309. The summed E-state index contributed by atoms with van der Waals surface area (Å²) in [5.41, 5.74) is -0.551. The second kappa shape index (κ2) is 7.76. The fourth-order valence-corrected chi connectivity index (χ4v) is 3.00. The molecular formula is C23H11F4N3. The van der Waals surface area contributed by atoms with E-state index >= 15 is 0 Å². The van der Waals surface area contributed by atoms with Crippen molar-refractivity contribution in [2.75, 3.05) is 0 Å². The SMILES string of the molecule is N#Cc1c(F)c(F)c(-c2nc(-c3ccccc3)cc(-c3ccccc3)n2)c(F)c1F. The Kier molecular flexibility index (Phi) is 4.98. The van der Waals surface area contributed by atoms with E-state index in [-0.39, 0.29) is 0 Å². The third kappa shape index (κ3) is 3.29. The molecule has 0 saturated heterocycles. The zero-order valence-electron chi connectivity index (χ0n) is 15.2. The van der Waals surface area contributed by atoms with Gasteiger partial charge in [0.05, 0.1) is 17.0 Å². The number of aromatic nitrogens is 2. The van der Waals surface area contributed by atoms with Crippen LogP contribution in [0.2, 0.25) is 0 Å². The normalized spacial score (nSPS) is 10.6. The van der Waals surface area contributed by atoms with E-state index in [1.165, 1.54) is 0 Å². The highest BCUT2D eigenvalue weighted by Crippen LogP contribution is 2.33. The molecular weight excluding hydrogens is 394 g/mol. The largest absolute Gasteiger partial charge is 0.228 e. The minimum atomic E-state index is -1.79. The van der Waals surface area contributed by atoms with Gasteiger partial charge < -0.3 is 0 Å². The van der Waals surface area contributed by atoms with Crippen LogP contribution in [0.1, 0.15) is 5.56 Å². The lowest BCUT2D eigenvalue weighted by molar-refractivity contribution is 0.453. The van der Waals surface area contributed by atoms with Crippen molar-refractivity contribution in [3.05, 3.63) is 95.6 Å². The Bertz CT molecular complexity index is 1200. The lowest BCUT2D eigenvalue weighted by atomic mass is 10.0. The van der Waals surface area contributed by atoms with Crippen molar-refractivity contribution in [3.8, 4) is 40.0 Å². The van der Waals surface area contributed by atoms with Crippen molar-refractivity contribution < 1.29 is 17.6 Å². The number of benzene rings is 3. The van der Waals surface area contributed by atoms with Crippen molar-refractivity contribution in [3.63, 3.8) is 0 Å². The van der Waals surface area contributed by atoms with Gasteiger partial charge in [-0.05, 0) is 6.07 Å². The van der Waals surface area contributed by atoms with E-state index in [2.05, 4.69) is 9.97 Å². The maximum Gasteiger partial charge on any atom is 0.180 e. The molecule has 0 saturated carbocycles. The van der Waals surface area contributed by atoms with Crippen molar-refractivity contribution in [1.29, 1.82) is 5.26 Å². The molecule has 4 rings (SSSR count). The number of nitrogens with zero attached hydrogens (tertiary/aromatic N) is 3. The van der Waals surface area contributed by atoms with E-state index in [0.717, 1.165) is 6.07 Å². The molecule has 3 nitrogen and oxygen atoms in total. The van der Waals surface area contributed by atoms with Crippen LogP contribution in [0.5, 0.6) is 0 Å². The van der Waals surface area contributed by atoms with Crippen LogP contribution in [0.4, 0.5) is 17.6 Å². The quantitative estimate of drug-likeness (QED) is 0.315. The van der Waals surface area contributed by atoms with Crippen molar-refractivity contribution in [2.24, 2.45) is 0 Å². The molecule has 1 heterocycles. The van der Waals surface area contributed by atoms with Gasteiger partial charge in [0.1, 0.15) is 11.6 Å². The van der Waals surface area contributed by atoms with E-state index < -0.39 is 40.2 Å². The lowest BCUT2D eigenvalue weighted by Gasteiger charge is -2.11. The van der Waals surface area contributed by atoms with Gasteiger partial charge in [-0.15, -0.1) is 0 Å². The van der Waals surface area contributed by atoms with Crippen LogP contribution >= 0.6 is 0 Å². The molecule has 0 amide bonds. The van der Waals surface area contributed by atoms with Crippen molar-refractivity contribution in [1.82, 2.24) is 9.97 Å². The molecule has 0 radical (unpaired) electrons. The van der Waals surface area contributed by atoms with Crippen LogP contribution in [0.15, 0.2) is 66.7 Å². The van der Waals surface area contributed by atoms with Crippen LogP contribution in [-0.2, 0) is 0 Å². The van der Waals surface area contributed by atoms with Gasteiger partial charge in [-0.3, -0.25) is 0 Å². The Morgan fingerprint density at radius 3 is 1.47 bits per heavy atom. The average molecular weight is 405 g/mol. The lowest BCUT2D eigenvalue weighted by Crippen LogP contribution is -2.06. The Morgan fingerprint density at radius 1 is 0.633 bits per heavy atom. The van der Waals surface area contributed by atoms with E-state index in [1.54, 1.807) is 66.7 Å². The molecule has 7 heteroatoms. The van der Waals surface area contributed by atoms with Gasteiger partial charge >= 0.3 is 0 Å². The zero-order valence-corrected chi connectivity index (χ0v) is 15.2. The summed E-state index contributed by atoms with van der Waals surface area (Å²) in [5.74, 6) is -7.57. The highest BCUT2D eigenvalue weighted by Gasteiger charge is 2.28. The van der Waals surface area contributed by atoms with E-state index in [0.29, 0.717) is 22.5 Å². The molecule has 0 aliphatic heterocycles. The summed E-state index contributed by atoms with van der Waals surface area (Å²) in [5, 5.41) is 8.80. The van der Waals surface area contributed by atoms with E-state index in [9.17, 15) is 17.6 Å². The standard InChI is InChI=1S/C23H11F4N3/c24-19-15(12-28)20(25)22(27)18(21(19)26)23-29-16(13-7-3-1-4-8-13)11-17(30-23)14-9-5-2-6-10-14/h1-11H. The molecule has 0 N–H and O–H groups in total. The van der Waals surface area contributed by atoms with E-state index in [1.807, 2.05) is 0 Å². The summed E-state index contributed by atoms with van der Waals surface area (Å²) in [4.78, 5) is 8.30. The zero-order chi connectivity index (χ0) is 21.3. The Morgan fingerprint density at radius 2 is 1.07 bits per heavy atom. The predicted molar refractivity (Wildman–Crippen MR) is 103 cm³/mol. The first-order chi connectivity index (χ1) is 14.5. The average Bonchev–Trinajstić information content (AvgIpc) is 2.79. The highest BCUT2D eigenvalue weighted by atomic mass is 19.2.